The fourth-order valence-corrected chi connectivity index (χ4v) is 2.21. The zero-order chi connectivity index (χ0) is 16.3. The highest BCUT2D eigenvalue weighted by molar-refractivity contribution is 5.72. The number of hydrogen-bond donors (Lipinski definition) is 1. The molecule has 0 aliphatic carbocycles. The first-order chi connectivity index (χ1) is 10.5. The molecule has 0 radical (unpaired) electrons. The highest BCUT2D eigenvalue weighted by Gasteiger charge is 2.13. The zero-order valence-electron chi connectivity index (χ0n) is 13.1. The topological polar surface area (TPSA) is 75.1 Å². The number of H-pyrrole nitrogens is 1. The number of nitriles is 1. The molecule has 114 valence electrons. The maximum atomic E-state index is 11.9. The maximum absolute atomic E-state index is 11.9. The predicted molar refractivity (Wildman–Crippen MR) is 84.3 cm³/mol. The lowest BCUT2D eigenvalue weighted by molar-refractivity contribution is 0.230. The molecule has 0 amide bonds. The van der Waals surface area contributed by atoms with Gasteiger partial charge in [0.05, 0.1) is 13.2 Å². The minimum Gasteiger partial charge on any atom is -0.493 e. The summed E-state index contributed by atoms with van der Waals surface area (Å²) in [7, 11) is 1.56. The van der Waals surface area contributed by atoms with E-state index < -0.39 is 0 Å². The largest absolute Gasteiger partial charge is 0.493 e. The first-order valence-electron chi connectivity index (χ1n) is 6.95. The van der Waals surface area contributed by atoms with Crippen molar-refractivity contribution in [1.29, 1.82) is 5.26 Å². The van der Waals surface area contributed by atoms with E-state index in [1.807, 2.05) is 26.0 Å². The molecule has 0 saturated heterocycles. The van der Waals surface area contributed by atoms with E-state index in [1.54, 1.807) is 32.2 Å². The molecule has 1 N–H and O–H groups in total. The summed E-state index contributed by atoms with van der Waals surface area (Å²) in [4.78, 5) is 14.5. The normalized spacial score (nSPS) is 10.4. The lowest BCUT2D eigenvalue weighted by Gasteiger charge is -2.15. The van der Waals surface area contributed by atoms with Crippen molar-refractivity contribution in [2.24, 2.45) is 0 Å². The number of nitrogens with zero attached hydrogens (tertiary/aromatic N) is 1. The van der Waals surface area contributed by atoms with Crippen LogP contribution in [-0.2, 0) is 0 Å². The Balaban J connectivity index is 2.60. The van der Waals surface area contributed by atoms with Gasteiger partial charge in [0.25, 0.3) is 5.56 Å². The fraction of sp³-hybridized carbons (Fsp3) is 0.294. The van der Waals surface area contributed by atoms with Crippen LogP contribution in [0.4, 0.5) is 0 Å². The smallest absolute Gasteiger partial charge is 0.266 e. The molecule has 1 aromatic carbocycles. The zero-order valence-corrected chi connectivity index (χ0v) is 13.1. The van der Waals surface area contributed by atoms with Crippen LogP contribution in [0.1, 0.15) is 25.1 Å². The number of pyridine rings is 1. The molecule has 0 unspecified atom stereocenters. The summed E-state index contributed by atoms with van der Waals surface area (Å²) in [5.74, 6) is 1.19. The van der Waals surface area contributed by atoms with E-state index in [0.29, 0.717) is 22.8 Å². The van der Waals surface area contributed by atoms with Crippen LogP contribution in [0, 0.1) is 18.3 Å². The Morgan fingerprint density at radius 2 is 1.95 bits per heavy atom. The molecule has 0 spiro atoms. The van der Waals surface area contributed by atoms with Gasteiger partial charge >= 0.3 is 0 Å². The SMILES string of the molecule is COc1cc(-c2cc(C)[nH]c(=O)c2C#N)ccc1OC(C)C. The van der Waals surface area contributed by atoms with E-state index >= 15 is 0 Å². The first-order valence-corrected chi connectivity index (χ1v) is 6.95. The highest BCUT2D eigenvalue weighted by atomic mass is 16.5. The van der Waals surface area contributed by atoms with Crippen molar-refractivity contribution in [1.82, 2.24) is 4.98 Å². The average molecular weight is 298 g/mol. The van der Waals surface area contributed by atoms with Crippen molar-refractivity contribution in [3.05, 3.63) is 45.9 Å². The van der Waals surface area contributed by atoms with Crippen molar-refractivity contribution in [3.8, 4) is 28.7 Å². The summed E-state index contributed by atoms with van der Waals surface area (Å²) < 4.78 is 11.0. The Hall–Kier alpha value is -2.74. The molecule has 0 fully saturated rings. The minimum atomic E-state index is -0.390. The van der Waals surface area contributed by atoms with Crippen LogP contribution in [0.3, 0.4) is 0 Å². The number of aryl methyl sites for hydroxylation is 1. The van der Waals surface area contributed by atoms with Crippen LogP contribution in [0.15, 0.2) is 29.1 Å². The number of hydrogen-bond acceptors (Lipinski definition) is 4. The second-order valence-electron chi connectivity index (χ2n) is 5.21. The molecule has 5 nitrogen and oxygen atoms in total. The number of ether oxygens (including phenoxy) is 2. The highest BCUT2D eigenvalue weighted by Crippen LogP contribution is 2.33. The Morgan fingerprint density at radius 3 is 2.55 bits per heavy atom. The molecule has 22 heavy (non-hydrogen) atoms. The molecular weight excluding hydrogens is 280 g/mol. The number of aromatic amines is 1. The van der Waals surface area contributed by atoms with Crippen molar-refractivity contribution in [2.75, 3.05) is 7.11 Å². The first kappa shape index (κ1) is 15.6. The van der Waals surface area contributed by atoms with Crippen LogP contribution >= 0.6 is 0 Å². The summed E-state index contributed by atoms with van der Waals surface area (Å²) in [5.41, 5.74) is 1.71. The number of methoxy groups -OCH3 is 1. The summed E-state index contributed by atoms with van der Waals surface area (Å²) in [6, 6.07) is 9.10. The summed E-state index contributed by atoms with van der Waals surface area (Å²) in [6.45, 7) is 5.64. The average Bonchev–Trinajstić information content (AvgIpc) is 2.46. The van der Waals surface area contributed by atoms with Crippen molar-refractivity contribution in [2.45, 2.75) is 26.9 Å². The predicted octanol–water partition coefficient (Wildman–Crippen LogP) is 3.02. The van der Waals surface area contributed by atoms with Gasteiger partial charge in [-0.2, -0.15) is 5.26 Å². The fourth-order valence-electron chi connectivity index (χ4n) is 2.21. The van der Waals surface area contributed by atoms with Crippen LogP contribution in [0.25, 0.3) is 11.1 Å². The van der Waals surface area contributed by atoms with Gasteiger partial charge in [0.1, 0.15) is 11.6 Å². The van der Waals surface area contributed by atoms with Crippen LogP contribution in [0.5, 0.6) is 11.5 Å². The monoisotopic (exact) mass is 298 g/mol. The molecule has 0 aliphatic rings. The van der Waals surface area contributed by atoms with E-state index in [-0.39, 0.29) is 17.2 Å². The van der Waals surface area contributed by atoms with Crippen molar-refractivity contribution < 1.29 is 9.47 Å². The molecule has 0 aliphatic heterocycles. The number of rotatable bonds is 4. The Morgan fingerprint density at radius 1 is 1.23 bits per heavy atom. The van der Waals surface area contributed by atoms with Gasteiger partial charge in [-0.15, -0.1) is 0 Å². The molecule has 0 saturated carbocycles. The number of aromatic nitrogens is 1. The third kappa shape index (κ3) is 3.12. The molecule has 5 heteroatoms. The van der Waals surface area contributed by atoms with Gasteiger partial charge in [-0.25, -0.2) is 0 Å². The quantitative estimate of drug-likeness (QED) is 0.941. The summed E-state index contributed by atoms with van der Waals surface area (Å²) in [6.07, 6.45) is 0.0243. The third-order valence-electron chi connectivity index (χ3n) is 3.12. The lowest BCUT2D eigenvalue weighted by atomic mass is 10.0. The Kier molecular flexibility index (Phi) is 4.52. The van der Waals surface area contributed by atoms with Gasteiger partial charge in [0, 0.05) is 11.3 Å². The van der Waals surface area contributed by atoms with E-state index in [0.717, 1.165) is 5.56 Å². The molecule has 1 heterocycles. The Bertz CT molecular complexity index is 785. The second-order valence-corrected chi connectivity index (χ2v) is 5.21. The Labute approximate surface area is 129 Å². The molecule has 2 aromatic rings. The van der Waals surface area contributed by atoms with Gasteiger partial charge in [-0.3, -0.25) is 4.79 Å². The van der Waals surface area contributed by atoms with Crippen molar-refractivity contribution in [3.63, 3.8) is 0 Å². The van der Waals surface area contributed by atoms with Crippen LogP contribution < -0.4 is 15.0 Å². The molecule has 0 bridgehead atoms. The minimum absolute atomic E-state index is 0.0243. The maximum Gasteiger partial charge on any atom is 0.266 e. The van der Waals surface area contributed by atoms with Gasteiger partial charge in [-0.05, 0) is 44.5 Å². The third-order valence-corrected chi connectivity index (χ3v) is 3.12. The number of benzene rings is 1. The molecule has 2 rings (SSSR count). The van der Waals surface area contributed by atoms with E-state index in [2.05, 4.69) is 4.98 Å². The van der Waals surface area contributed by atoms with Crippen LogP contribution in [-0.4, -0.2) is 18.2 Å². The molecular formula is C17H18N2O3. The van der Waals surface area contributed by atoms with E-state index in [1.165, 1.54) is 0 Å². The number of nitrogens with one attached hydrogen (secondary N) is 1. The van der Waals surface area contributed by atoms with Gasteiger partial charge in [0.15, 0.2) is 11.5 Å². The summed E-state index contributed by atoms with van der Waals surface area (Å²) >= 11 is 0. The molecule has 0 atom stereocenters. The lowest BCUT2D eigenvalue weighted by Crippen LogP contribution is -2.12. The summed E-state index contributed by atoms with van der Waals surface area (Å²) in [5, 5.41) is 9.23. The van der Waals surface area contributed by atoms with E-state index in [9.17, 15) is 10.1 Å². The van der Waals surface area contributed by atoms with E-state index in [4.69, 9.17) is 9.47 Å². The van der Waals surface area contributed by atoms with Gasteiger partial charge in [-0.1, -0.05) is 6.07 Å². The van der Waals surface area contributed by atoms with Crippen molar-refractivity contribution >= 4 is 0 Å². The van der Waals surface area contributed by atoms with Gasteiger partial charge < -0.3 is 14.5 Å². The molecule has 1 aromatic heterocycles. The van der Waals surface area contributed by atoms with Crippen LogP contribution in [0.2, 0.25) is 0 Å². The van der Waals surface area contributed by atoms with Gasteiger partial charge in [0.2, 0.25) is 0 Å². The standard InChI is InChI=1S/C17H18N2O3/c1-10(2)22-15-6-5-12(8-16(15)21-4)13-7-11(3)19-17(20)14(13)9-18/h5-8,10H,1-4H3,(H,19,20). The second kappa shape index (κ2) is 6.35.